The summed E-state index contributed by atoms with van der Waals surface area (Å²) in [5.74, 6) is 1.26. The molecule has 162 valence electrons. The Hall–Kier alpha value is -1.87. The summed E-state index contributed by atoms with van der Waals surface area (Å²) in [6.45, 7) is 7.93. The van der Waals surface area contributed by atoms with E-state index in [2.05, 4.69) is 35.0 Å². The van der Waals surface area contributed by atoms with Gasteiger partial charge in [0.05, 0.1) is 5.56 Å². The van der Waals surface area contributed by atoms with E-state index >= 15 is 0 Å². The van der Waals surface area contributed by atoms with Crippen molar-refractivity contribution in [1.29, 1.82) is 5.26 Å². The first-order valence-electron chi connectivity index (χ1n) is 11.8. The van der Waals surface area contributed by atoms with Crippen molar-refractivity contribution in [2.75, 3.05) is 31.1 Å². The second-order valence-electron chi connectivity index (χ2n) is 9.38. The SMILES string of the molecule is CC(C)c1c(C#N)c(N2CCN(C(=S)NC3CCCCC3)CC2)nc2c1CCCC2. The molecule has 0 bridgehead atoms. The molecule has 1 aromatic heterocycles. The van der Waals surface area contributed by atoms with Gasteiger partial charge in [-0.3, -0.25) is 0 Å². The lowest BCUT2D eigenvalue weighted by Crippen LogP contribution is -2.54. The second kappa shape index (κ2) is 9.51. The van der Waals surface area contributed by atoms with Crippen LogP contribution in [0.25, 0.3) is 0 Å². The van der Waals surface area contributed by atoms with Gasteiger partial charge in [-0.25, -0.2) is 4.98 Å². The standard InChI is InChI=1S/C24H35N5S/c1-17(2)22-19-10-6-7-11-21(19)27-23(20(22)16-25)28-12-14-29(15-13-28)24(30)26-18-8-4-3-5-9-18/h17-18H,3-15H2,1-2H3,(H,26,30). The zero-order chi connectivity index (χ0) is 21.1. The van der Waals surface area contributed by atoms with Gasteiger partial charge in [0.25, 0.3) is 0 Å². The number of piperazine rings is 1. The van der Waals surface area contributed by atoms with Crippen molar-refractivity contribution in [2.45, 2.75) is 83.6 Å². The largest absolute Gasteiger partial charge is 0.360 e. The van der Waals surface area contributed by atoms with E-state index in [1.165, 1.54) is 61.8 Å². The summed E-state index contributed by atoms with van der Waals surface area (Å²) in [4.78, 5) is 9.67. The van der Waals surface area contributed by atoms with Crippen LogP contribution in [0.15, 0.2) is 0 Å². The van der Waals surface area contributed by atoms with Crippen molar-refractivity contribution >= 4 is 23.1 Å². The number of aryl methyl sites for hydroxylation is 1. The quantitative estimate of drug-likeness (QED) is 0.730. The molecule has 2 heterocycles. The van der Waals surface area contributed by atoms with Crippen LogP contribution in [0.1, 0.15) is 87.1 Å². The molecule has 0 aromatic carbocycles. The molecule has 1 aliphatic heterocycles. The molecule has 1 aromatic rings. The maximum atomic E-state index is 10.0. The molecular weight excluding hydrogens is 390 g/mol. The number of aromatic nitrogens is 1. The minimum absolute atomic E-state index is 0.349. The van der Waals surface area contributed by atoms with Gasteiger partial charge in [0.2, 0.25) is 0 Å². The molecule has 1 saturated heterocycles. The van der Waals surface area contributed by atoms with Crippen molar-refractivity contribution in [2.24, 2.45) is 0 Å². The zero-order valence-corrected chi connectivity index (χ0v) is 19.4. The van der Waals surface area contributed by atoms with Gasteiger partial charge in [-0.1, -0.05) is 33.1 Å². The Balaban J connectivity index is 1.48. The van der Waals surface area contributed by atoms with Crippen molar-refractivity contribution in [3.63, 3.8) is 0 Å². The van der Waals surface area contributed by atoms with Crippen LogP contribution < -0.4 is 10.2 Å². The summed E-state index contributed by atoms with van der Waals surface area (Å²) in [5.41, 5.74) is 4.64. The van der Waals surface area contributed by atoms with Crippen LogP contribution >= 0.6 is 12.2 Å². The number of nitrogens with one attached hydrogen (secondary N) is 1. The summed E-state index contributed by atoms with van der Waals surface area (Å²) in [7, 11) is 0. The average molecular weight is 426 g/mol. The van der Waals surface area contributed by atoms with E-state index in [0.717, 1.165) is 55.5 Å². The Morgan fingerprint density at radius 1 is 1.07 bits per heavy atom. The average Bonchev–Trinajstić information content (AvgIpc) is 2.78. The number of nitriles is 1. The minimum Gasteiger partial charge on any atom is -0.360 e. The topological polar surface area (TPSA) is 55.2 Å². The summed E-state index contributed by atoms with van der Waals surface area (Å²) in [6, 6.07) is 3.07. The van der Waals surface area contributed by atoms with E-state index < -0.39 is 0 Å². The molecule has 4 rings (SSSR count). The molecular formula is C24H35N5S. The number of hydrogen-bond donors (Lipinski definition) is 1. The monoisotopic (exact) mass is 425 g/mol. The van der Waals surface area contributed by atoms with Crippen molar-refractivity contribution in [3.05, 3.63) is 22.4 Å². The summed E-state index contributed by atoms with van der Waals surface area (Å²) < 4.78 is 0. The number of rotatable bonds is 3. The first-order chi connectivity index (χ1) is 14.6. The molecule has 3 aliphatic rings. The van der Waals surface area contributed by atoms with Gasteiger partial charge in [0.15, 0.2) is 5.11 Å². The third-order valence-corrected chi connectivity index (χ3v) is 7.36. The summed E-state index contributed by atoms with van der Waals surface area (Å²) in [5, 5.41) is 14.6. The molecule has 0 amide bonds. The van der Waals surface area contributed by atoms with Gasteiger partial charge in [0.1, 0.15) is 11.9 Å². The predicted molar refractivity (Wildman–Crippen MR) is 126 cm³/mol. The van der Waals surface area contributed by atoms with E-state index in [1.807, 2.05) is 0 Å². The fraction of sp³-hybridized carbons (Fsp3) is 0.708. The van der Waals surface area contributed by atoms with Gasteiger partial charge < -0.3 is 15.1 Å². The van der Waals surface area contributed by atoms with E-state index in [-0.39, 0.29) is 0 Å². The number of fused-ring (bicyclic) bond motifs is 1. The van der Waals surface area contributed by atoms with Crippen molar-refractivity contribution in [1.82, 2.24) is 15.2 Å². The lowest BCUT2D eigenvalue weighted by atomic mass is 9.85. The number of nitrogens with zero attached hydrogens (tertiary/aromatic N) is 4. The lowest BCUT2D eigenvalue weighted by molar-refractivity contribution is 0.354. The van der Waals surface area contributed by atoms with Gasteiger partial charge in [0, 0.05) is 37.9 Å². The fourth-order valence-electron chi connectivity index (χ4n) is 5.37. The number of thiocarbonyl (C=S) groups is 1. The van der Waals surface area contributed by atoms with Crippen LogP contribution in [0, 0.1) is 11.3 Å². The molecule has 1 saturated carbocycles. The summed E-state index contributed by atoms with van der Waals surface area (Å²) >= 11 is 5.72. The first kappa shape index (κ1) is 21.4. The first-order valence-corrected chi connectivity index (χ1v) is 12.3. The Morgan fingerprint density at radius 3 is 2.43 bits per heavy atom. The Labute approximate surface area is 186 Å². The lowest BCUT2D eigenvalue weighted by Gasteiger charge is -2.39. The van der Waals surface area contributed by atoms with Crippen LogP contribution in [0.2, 0.25) is 0 Å². The van der Waals surface area contributed by atoms with Crippen molar-refractivity contribution in [3.8, 4) is 6.07 Å². The third-order valence-electron chi connectivity index (χ3n) is 6.99. The zero-order valence-electron chi connectivity index (χ0n) is 18.5. The van der Waals surface area contributed by atoms with Gasteiger partial charge in [-0.15, -0.1) is 0 Å². The maximum Gasteiger partial charge on any atom is 0.169 e. The molecule has 1 N–H and O–H groups in total. The highest BCUT2D eigenvalue weighted by Crippen LogP contribution is 2.35. The fourth-order valence-corrected chi connectivity index (χ4v) is 5.72. The number of pyridine rings is 1. The van der Waals surface area contributed by atoms with Crippen LogP contribution in [0.4, 0.5) is 5.82 Å². The molecule has 30 heavy (non-hydrogen) atoms. The second-order valence-corrected chi connectivity index (χ2v) is 9.77. The highest BCUT2D eigenvalue weighted by atomic mass is 32.1. The van der Waals surface area contributed by atoms with Gasteiger partial charge >= 0.3 is 0 Å². The minimum atomic E-state index is 0.349. The Morgan fingerprint density at radius 2 is 1.77 bits per heavy atom. The van der Waals surface area contributed by atoms with Crippen LogP contribution in [-0.2, 0) is 12.8 Å². The highest BCUT2D eigenvalue weighted by molar-refractivity contribution is 7.80. The van der Waals surface area contributed by atoms with Crippen LogP contribution in [0.3, 0.4) is 0 Å². The molecule has 0 spiro atoms. The molecule has 5 nitrogen and oxygen atoms in total. The van der Waals surface area contributed by atoms with Crippen LogP contribution in [0.5, 0.6) is 0 Å². The smallest absolute Gasteiger partial charge is 0.169 e. The molecule has 0 atom stereocenters. The molecule has 0 radical (unpaired) electrons. The van der Waals surface area contributed by atoms with E-state index in [9.17, 15) is 5.26 Å². The molecule has 2 aliphatic carbocycles. The molecule has 6 heteroatoms. The van der Waals surface area contributed by atoms with E-state index in [4.69, 9.17) is 17.2 Å². The highest BCUT2D eigenvalue weighted by Gasteiger charge is 2.28. The number of anilines is 1. The van der Waals surface area contributed by atoms with Gasteiger partial charge in [-0.05, 0) is 67.8 Å². The van der Waals surface area contributed by atoms with Crippen LogP contribution in [-0.4, -0.2) is 47.2 Å². The normalized spacial score (nSPS) is 20.1. The summed E-state index contributed by atoms with van der Waals surface area (Å²) in [6.07, 6.45) is 11.0. The van der Waals surface area contributed by atoms with Gasteiger partial charge in [-0.2, -0.15) is 5.26 Å². The molecule has 0 unspecified atom stereocenters. The Kier molecular flexibility index (Phi) is 6.77. The Bertz CT molecular complexity index is 814. The molecule has 2 fully saturated rings. The van der Waals surface area contributed by atoms with Crippen molar-refractivity contribution < 1.29 is 0 Å². The number of hydrogen-bond acceptors (Lipinski definition) is 4. The predicted octanol–water partition coefficient (Wildman–Crippen LogP) is 4.28. The maximum absolute atomic E-state index is 10.0. The van der Waals surface area contributed by atoms with E-state index in [0.29, 0.717) is 12.0 Å². The third kappa shape index (κ3) is 4.42. The van der Waals surface area contributed by atoms with E-state index in [1.54, 1.807) is 0 Å².